The van der Waals surface area contributed by atoms with E-state index in [9.17, 15) is 0 Å². The van der Waals surface area contributed by atoms with Crippen molar-refractivity contribution in [3.05, 3.63) is 35.4 Å². The van der Waals surface area contributed by atoms with Gasteiger partial charge in [-0.15, -0.1) is 0 Å². The topological polar surface area (TPSA) is 35.2 Å². The average molecular weight is 191 g/mol. The second-order valence-electron chi connectivity index (χ2n) is 3.72. The Morgan fingerprint density at radius 2 is 1.93 bits per heavy atom. The van der Waals surface area contributed by atoms with Crippen molar-refractivity contribution in [3.63, 3.8) is 0 Å². The summed E-state index contributed by atoms with van der Waals surface area (Å²) >= 11 is 0. The van der Waals surface area contributed by atoms with E-state index in [1.54, 1.807) is 0 Å². The quantitative estimate of drug-likeness (QED) is 0.589. The SMILES string of the molecule is C=C(C)COc1cc(C)c(C)cc1N. The molecule has 0 radical (unpaired) electrons. The zero-order valence-corrected chi connectivity index (χ0v) is 9.05. The maximum atomic E-state index is 5.82. The number of hydrogen-bond donors (Lipinski definition) is 1. The smallest absolute Gasteiger partial charge is 0.142 e. The van der Waals surface area contributed by atoms with E-state index in [0.717, 1.165) is 11.3 Å². The summed E-state index contributed by atoms with van der Waals surface area (Å²) in [5.74, 6) is 0.746. The van der Waals surface area contributed by atoms with Crippen LogP contribution in [0.25, 0.3) is 0 Å². The number of benzene rings is 1. The predicted octanol–water partition coefficient (Wildman–Crippen LogP) is 2.84. The van der Waals surface area contributed by atoms with Gasteiger partial charge in [0.2, 0.25) is 0 Å². The molecule has 0 saturated carbocycles. The largest absolute Gasteiger partial charge is 0.487 e. The van der Waals surface area contributed by atoms with Crippen molar-refractivity contribution in [2.45, 2.75) is 20.8 Å². The Kier molecular flexibility index (Phi) is 3.18. The van der Waals surface area contributed by atoms with Crippen LogP contribution in [-0.2, 0) is 0 Å². The summed E-state index contributed by atoms with van der Waals surface area (Å²) in [4.78, 5) is 0. The highest BCUT2D eigenvalue weighted by Gasteiger charge is 2.03. The number of aryl methyl sites for hydroxylation is 2. The van der Waals surface area contributed by atoms with E-state index in [2.05, 4.69) is 6.58 Å². The van der Waals surface area contributed by atoms with E-state index in [1.807, 2.05) is 32.9 Å². The number of hydrogen-bond acceptors (Lipinski definition) is 2. The lowest BCUT2D eigenvalue weighted by molar-refractivity contribution is 0.354. The number of nitrogens with two attached hydrogens (primary N) is 1. The molecule has 0 saturated heterocycles. The average Bonchev–Trinajstić information content (AvgIpc) is 2.09. The molecule has 0 amide bonds. The third kappa shape index (κ3) is 2.52. The van der Waals surface area contributed by atoms with Crippen molar-refractivity contribution in [2.24, 2.45) is 0 Å². The normalized spacial score (nSPS) is 9.93. The fourth-order valence-corrected chi connectivity index (χ4v) is 1.14. The summed E-state index contributed by atoms with van der Waals surface area (Å²) in [6.07, 6.45) is 0. The summed E-state index contributed by atoms with van der Waals surface area (Å²) in [6.45, 7) is 10.3. The molecule has 0 bridgehead atoms. The van der Waals surface area contributed by atoms with Crippen molar-refractivity contribution in [1.29, 1.82) is 0 Å². The molecule has 0 spiro atoms. The maximum absolute atomic E-state index is 5.82. The lowest BCUT2D eigenvalue weighted by Crippen LogP contribution is -2.01. The van der Waals surface area contributed by atoms with Gasteiger partial charge in [-0.2, -0.15) is 0 Å². The van der Waals surface area contributed by atoms with E-state index < -0.39 is 0 Å². The third-order valence-corrected chi connectivity index (χ3v) is 2.10. The summed E-state index contributed by atoms with van der Waals surface area (Å²) in [6, 6.07) is 3.90. The van der Waals surface area contributed by atoms with Crippen molar-refractivity contribution in [1.82, 2.24) is 0 Å². The van der Waals surface area contributed by atoms with Gasteiger partial charge in [0.15, 0.2) is 0 Å². The Morgan fingerprint density at radius 1 is 1.36 bits per heavy atom. The summed E-state index contributed by atoms with van der Waals surface area (Å²) in [5.41, 5.74) is 9.88. The van der Waals surface area contributed by atoms with Crippen molar-refractivity contribution < 1.29 is 4.74 Å². The Labute approximate surface area is 85.4 Å². The number of ether oxygens (including phenoxy) is 1. The molecular formula is C12H17NO. The first-order valence-electron chi connectivity index (χ1n) is 4.64. The Bertz CT molecular complexity index is 356. The van der Waals surface area contributed by atoms with Crippen molar-refractivity contribution >= 4 is 5.69 Å². The van der Waals surface area contributed by atoms with Crippen LogP contribution >= 0.6 is 0 Å². The zero-order chi connectivity index (χ0) is 10.7. The van der Waals surface area contributed by atoms with Gasteiger partial charge < -0.3 is 10.5 Å². The molecule has 0 heterocycles. The minimum atomic E-state index is 0.521. The fraction of sp³-hybridized carbons (Fsp3) is 0.333. The van der Waals surface area contributed by atoms with Crippen molar-refractivity contribution in [2.75, 3.05) is 12.3 Å². The lowest BCUT2D eigenvalue weighted by atomic mass is 10.1. The van der Waals surface area contributed by atoms with Crippen LogP contribution in [0.1, 0.15) is 18.1 Å². The van der Waals surface area contributed by atoms with E-state index in [4.69, 9.17) is 10.5 Å². The van der Waals surface area contributed by atoms with Crippen molar-refractivity contribution in [3.8, 4) is 5.75 Å². The van der Waals surface area contributed by atoms with Gasteiger partial charge in [-0.3, -0.25) is 0 Å². The van der Waals surface area contributed by atoms with Crippen LogP contribution in [0.4, 0.5) is 5.69 Å². The Hall–Kier alpha value is -1.44. The van der Waals surface area contributed by atoms with Gasteiger partial charge in [-0.25, -0.2) is 0 Å². The Balaban J connectivity index is 2.87. The van der Waals surface area contributed by atoms with Crippen LogP contribution in [0.3, 0.4) is 0 Å². The van der Waals surface area contributed by atoms with Crippen LogP contribution in [0.2, 0.25) is 0 Å². The minimum Gasteiger partial charge on any atom is -0.487 e. The lowest BCUT2D eigenvalue weighted by Gasteiger charge is -2.11. The highest BCUT2D eigenvalue weighted by atomic mass is 16.5. The maximum Gasteiger partial charge on any atom is 0.142 e. The first-order chi connectivity index (χ1) is 6.50. The van der Waals surface area contributed by atoms with Gasteiger partial charge in [0.05, 0.1) is 5.69 Å². The van der Waals surface area contributed by atoms with E-state index in [0.29, 0.717) is 12.3 Å². The summed E-state index contributed by atoms with van der Waals surface area (Å²) < 4.78 is 5.51. The van der Waals surface area contributed by atoms with Crippen LogP contribution in [0, 0.1) is 13.8 Å². The van der Waals surface area contributed by atoms with E-state index >= 15 is 0 Å². The predicted molar refractivity (Wildman–Crippen MR) is 60.6 cm³/mol. The molecule has 0 aliphatic rings. The molecule has 14 heavy (non-hydrogen) atoms. The second kappa shape index (κ2) is 4.18. The molecule has 0 aliphatic carbocycles. The van der Waals surface area contributed by atoms with Gasteiger partial charge in [0.25, 0.3) is 0 Å². The molecule has 0 aliphatic heterocycles. The molecular weight excluding hydrogens is 174 g/mol. The molecule has 1 rings (SSSR count). The monoisotopic (exact) mass is 191 g/mol. The number of anilines is 1. The van der Waals surface area contributed by atoms with Gasteiger partial charge in [-0.05, 0) is 49.6 Å². The minimum absolute atomic E-state index is 0.521. The number of rotatable bonds is 3. The van der Waals surface area contributed by atoms with Crippen LogP contribution < -0.4 is 10.5 Å². The molecule has 1 aromatic rings. The van der Waals surface area contributed by atoms with E-state index in [-0.39, 0.29) is 0 Å². The standard InChI is InChI=1S/C12H17NO/c1-8(2)7-14-12-6-10(4)9(3)5-11(12)13/h5-6H,1,7,13H2,2-4H3. The summed E-state index contributed by atoms with van der Waals surface area (Å²) in [5, 5.41) is 0. The van der Waals surface area contributed by atoms with Gasteiger partial charge in [0, 0.05) is 0 Å². The van der Waals surface area contributed by atoms with Gasteiger partial charge in [0.1, 0.15) is 12.4 Å². The van der Waals surface area contributed by atoms with Crippen LogP contribution in [-0.4, -0.2) is 6.61 Å². The third-order valence-electron chi connectivity index (χ3n) is 2.10. The molecule has 0 atom stereocenters. The van der Waals surface area contributed by atoms with Crippen LogP contribution in [0.5, 0.6) is 5.75 Å². The zero-order valence-electron chi connectivity index (χ0n) is 9.05. The molecule has 0 fully saturated rings. The molecule has 2 heteroatoms. The first kappa shape index (κ1) is 10.6. The van der Waals surface area contributed by atoms with E-state index in [1.165, 1.54) is 11.1 Å². The molecule has 1 aromatic carbocycles. The Morgan fingerprint density at radius 3 is 2.50 bits per heavy atom. The van der Waals surface area contributed by atoms with Gasteiger partial charge >= 0.3 is 0 Å². The number of nitrogen functional groups attached to an aromatic ring is 1. The highest BCUT2D eigenvalue weighted by molar-refractivity contribution is 5.56. The molecule has 0 unspecified atom stereocenters. The fourth-order valence-electron chi connectivity index (χ4n) is 1.14. The molecule has 2 nitrogen and oxygen atoms in total. The molecule has 2 N–H and O–H groups in total. The first-order valence-corrected chi connectivity index (χ1v) is 4.64. The van der Waals surface area contributed by atoms with Crippen LogP contribution in [0.15, 0.2) is 24.3 Å². The molecule has 0 aromatic heterocycles. The highest BCUT2D eigenvalue weighted by Crippen LogP contribution is 2.25. The molecule has 76 valence electrons. The van der Waals surface area contributed by atoms with Gasteiger partial charge in [-0.1, -0.05) is 6.58 Å². The summed E-state index contributed by atoms with van der Waals surface area (Å²) in [7, 11) is 0. The second-order valence-corrected chi connectivity index (χ2v) is 3.72.